The number of hydrogen-bond donors (Lipinski definition) is 0. The summed E-state index contributed by atoms with van der Waals surface area (Å²) in [5.41, 5.74) is 0. The van der Waals surface area contributed by atoms with E-state index in [1.54, 1.807) is 4.31 Å². The van der Waals surface area contributed by atoms with Crippen LogP contribution in [-0.2, 0) is 14.8 Å². The number of sulfonamides is 1. The summed E-state index contributed by atoms with van der Waals surface area (Å²) in [5.74, 6) is 0.402. The van der Waals surface area contributed by atoms with Gasteiger partial charge in [-0.15, -0.1) is 11.6 Å². The Hall–Kier alpha value is 0.160. The molecule has 0 radical (unpaired) electrons. The van der Waals surface area contributed by atoms with Crippen molar-refractivity contribution < 1.29 is 13.2 Å². The topological polar surface area (TPSA) is 46.6 Å². The second kappa shape index (κ2) is 8.45. The zero-order valence-electron chi connectivity index (χ0n) is 12.0. The number of nitrogens with zero attached hydrogens (tertiary/aromatic N) is 1. The highest BCUT2D eigenvalue weighted by Gasteiger charge is 2.30. The molecule has 4 nitrogen and oxygen atoms in total. The van der Waals surface area contributed by atoms with E-state index in [-0.39, 0.29) is 24.5 Å². The first-order valence-electron chi connectivity index (χ1n) is 7.14. The van der Waals surface area contributed by atoms with Gasteiger partial charge < -0.3 is 4.74 Å². The van der Waals surface area contributed by atoms with Crippen molar-refractivity contribution in [3.05, 3.63) is 0 Å². The van der Waals surface area contributed by atoms with Gasteiger partial charge >= 0.3 is 0 Å². The minimum absolute atomic E-state index is 0.0541. The second-order valence-electron chi connectivity index (χ2n) is 5.33. The molecule has 0 N–H and O–H groups in total. The van der Waals surface area contributed by atoms with Crippen molar-refractivity contribution in [3.8, 4) is 0 Å². The third-order valence-corrected chi connectivity index (χ3v) is 5.48. The van der Waals surface area contributed by atoms with E-state index < -0.39 is 10.0 Å². The van der Waals surface area contributed by atoms with Crippen LogP contribution in [0.1, 0.15) is 46.0 Å². The highest BCUT2D eigenvalue weighted by Crippen LogP contribution is 2.24. The van der Waals surface area contributed by atoms with E-state index >= 15 is 0 Å². The Kier molecular flexibility index (Phi) is 7.65. The maximum Gasteiger partial charge on any atom is 0.216 e. The van der Waals surface area contributed by atoms with Gasteiger partial charge in [0.15, 0.2) is 0 Å². The van der Waals surface area contributed by atoms with Crippen LogP contribution in [0.25, 0.3) is 0 Å². The van der Waals surface area contributed by atoms with Gasteiger partial charge in [0.2, 0.25) is 10.0 Å². The fourth-order valence-electron chi connectivity index (χ4n) is 2.51. The molecule has 114 valence electrons. The molecule has 0 aromatic heterocycles. The Bertz CT molecular complexity index is 340. The van der Waals surface area contributed by atoms with Crippen LogP contribution in [-0.4, -0.2) is 49.7 Å². The number of halogens is 1. The fourth-order valence-corrected chi connectivity index (χ4v) is 4.37. The number of rotatable bonds is 8. The van der Waals surface area contributed by atoms with E-state index in [4.69, 9.17) is 16.3 Å². The molecule has 0 spiro atoms. The monoisotopic (exact) mass is 311 g/mol. The van der Waals surface area contributed by atoms with Gasteiger partial charge in [-0.25, -0.2) is 8.42 Å². The van der Waals surface area contributed by atoms with Crippen LogP contribution < -0.4 is 0 Å². The van der Waals surface area contributed by atoms with Crippen LogP contribution in [0.15, 0.2) is 0 Å². The Morgan fingerprint density at radius 1 is 1.26 bits per heavy atom. The molecular formula is C13H26ClNO3S. The summed E-state index contributed by atoms with van der Waals surface area (Å²) >= 11 is 5.77. The lowest BCUT2D eigenvalue weighted by Crippen LogP contribution is -2.44. The molecule has 1 saturated carbocycles. The predicted octanol–water partition coefficient (Wildman–Crippen LogP) is 2.61. The highest BCUT2D eigenvalue weighted by atomic mass is 35.5. The molecule has 0 saturated heterocycles. The maximum absolute atomic E-state index is 12.4. The van der Waals surface area contributed by atoms with E-state index in [1.165, 1.54) is 6.42 Å². The summed E-state index contributed by atoms with van der Waals surface area (Å²) < 4.78 is 31.7. The van der Waals surface area contributed by atoms with Crippen LogP contribution in [0, 0.1) is 0 Å². The van der Waals surface area contributed by atoms with Gasteiger partial charge in [0, 0.05) is 18.5 Å². The van der Waals surface area contributed by atoms with Crippen LogP contribution in [0.5, 0.6) is 0 Å². The van der Waals surface area contributed by atoms with Crippen LogP contribution in [0.4, 0.5) is 0 Å². The molecule has 1 rings (SSSR count). The third-order valence-electron chi connectivity index (χ3n) is 3.44. The first-order chi connectivity index (χ1) is 8.97. The van der Waals surface area contributed by atoms with E-state index in [2.05, 4.69) is 0 Å². The van der Waals surface area contributed by atoms with Crippen LogP contribution in [0.2, 0.25) is 0 Å². The van der Waals surface area contributed by atoms with Crippen molar-refractivity contribution in [1.29, 1.82) is 0 Å². The molecule has 1 fully saturated rings. The molecule has 0 aromatic carbocycles. The Morgan fingerprint density at radius 3 is 2.42 bits per heavy atom. The molecular weight excluding hydrogens is 286 g/mol. The lowest BCUT2D eigenvalue weighted by atomic mass is 9.95. The zero-order chi connectivity index (χ0) is 14.3. The van der Waals surface area contributed by atoms with Crippen molar-refractivity contribution >= 4 is 21.6 Å². The van der Waals surface area contributed by atoms with Gasteiger partial charge in [0.05, 0.1) is 18.5 Å². The highest BCUT2D eigenvalue weighted by molar-refractivity contribution is 7.89. The minimum Gasteiger partial charge on any atom is -0.378 e. The van der Waals surface area contributed by atoms with Crippen molar-refractivity contribution in [1.82, 2.24) is 4.31 Å². The molecule has 0 atom stereocenters. The van der Waals surface area contributed by atoms with Crippen molar-refractivity contribution in [2.45, 2.75) is 58.1 Å². The molecule has 0 bridgehead atoms. The molecule has 0 unspecified atom stereocenters. The maximum atomic E-state index is 12.4. The van der Waals surface area contributed by atoms with Crippen molar-refractivity contribution in [2.24, 2.45) is 0 Å². The van der Waals surface area contributed by atoms with Gasteiger partial charge in [-0.2, -0.15) is 4.31 Å². The first-order valence-corrected chi connectivity index (χ1v) is 9.29. The SMILES string of the molecule is CC(C)OCCS(=O)(=O)N(CCCl)C1CCCCC1. The number of ether oxygens (including phenoxy) is 1. The first kappa shape index (κ1) is 17.2. The van der Waals surface area contributed by atoms with Crippen LogP contribution >= 0.6 is 11.6 Å². The zero-order valence-corrected chi connectivity index (χ0v) is 13.5. The predicted molar refractivity (Wildman–Crippen MR) is 79.2 cm³/mol. The fraction of sp³-hybridized carbons (Fsp3) is 1.00. The summed E-state index contributed by atoms with van der Waals surface area (Å²) in [6.07, 6.45) is 5.42. The summed E-state index contributed by atoms with van der Waals surface area (Å²) in [5, 5.41) is 0. The third kappa shape index (κ3) is 5.98. The molecule has 0 heterocycles. The smallest absolute Gasteiger partial charge is 0.216 e. The molecule has 6 heteroatoms. The van der Waals surface area contributed by atoms with Gasteiger partial charge in [0.25, 0.3) is 0 Å². The number of hydrogen-bond acceptors (Lipinski definition) is 3. The minimum atomic E-state index is -3.26. The molecule has 0 amide bonds. The summed E-state index contributed by atoms with van der Waals surface area (Å²) in [6.45, 7) is 4.48. The quantitative estimate of drug-likeness (QED) is 0.647. The molecule has 0 aromatic rings. The van der Waals surface area contributed by atoms with Gasteiger partial charge in [-0.3, -0.25) is 0 Å². The van der Waals surface area contributed by atoms with Gasteiger partial charge in [-0.1, -0.05) is 19.3 Å². The molecule has 1 aliphatic rings. The molecule has 0 aliphatic heterocycles. The second-order valence-corrected chi connectivity index (χ2v) is 7.75. The lowest BCUT2D eigenvalue weighted by Gasteiger charge is -2.33. The normalized spacial score (nSPS) is 18.4. The summed E-state index contributed by atoms with van der Waals surface area (Å²) in [4.78, 5) is 0. The standard InChI is InChI=1S/C13H26ClNO3S/c1-12(2)18-10-11-19(16,17)15(9-8-14)13-6-4-3-5-7-13/h12-13H,3-11H2,1-2H3. The average Bonchev–Trinajstić information content (AvgIpc) is 2.36. The van der Waals surface area contributed by atoms with E-state index in [0.717, 1.165) is 25.7 Å². The Balaban J connectivity index is 2.61. The van der Waals surface area contributed by atoms with Crippen molar-refractivity contribution in [2.75, 3.05) is 24.8 Å². The van der Waals surface area contributed by atoms with Crippen molar-refractivity contribution in [3.63, 3.8) is 0 Å². The van der Waals surface area contributed by atoms with Gasteiger partial charge in [-0.05, 0) is 26.7 Å². The Morgan fingerprint density at radius 2 is 1.89 bits per heavy atom. The molecule has 1 aliphatic carbocycles. The lowest BCUT2D eigenvalue weighted by molar-refractivity contribution is 0.0903. The number of alkyl halides is 1. The van der Waals surface area contributed by atoms with E-state index in [0.29, 0.717) is 12.4 Å². The van der Waals surface area contributed by atoms with E-state index in [9.17, 15) is 8.42 Å². The van der Waals surface area contributed by atoms with Gasteiger partial charge in [0.1, 0.15) is 0 Å². The Labute approximate surface area is 122 Å². The largest absolute Gasteiger partial charge is 0.378 e. The van der Waals surface area contributed by atoms with E-state index in [1.807, 2.05) is 13.8 Å². The average molecular weight is 312 g/mol. The summed E-state index contributed by atoms with van der Waals surface area (Å²) in [7, 11) is -3.26. The van der Waals surface area contributed by atoms with Crippen LogP contribution in [0.3, 0.4) is 0 Å². The molecule has 19 heavy (non-hydrogen) atoms. The summed E-state index contributed by atoms with van der Waals surface area (Å²) in [6, 6.07) is 0.136.